The summed E-state index contributed by atoms with van der Waals surface area (Å²) in [6, 6.07) is 0. The molecule has 2 N–H and O–H groups in total. The summed E-state index contributed by atoms with van der Waals surface area (Å²) in [6.07, 6.45) is 2.57. The van der Waals surface area contributed by atoms with Gasteiger partial charge in [-0.25, -0.2) is 0 Å². The Kier molecular flexibility index (Phi) is 5.57. The fourth-order valence-corrected chi connectivity index (χ4v) is 1.37. The SMILES string of the molecule is CCC(C)C(C)CC(C)CN. The summed E-state index contributed by atoms with van der Waals surface area (Å²) < 4.78 is 0. The molecule has 0 spiro atoms. The normalized spacial score (nSPS) is 19.4. The van der Waals surface area contributed by atoms with Gasteiger partial charge in [0.05, 0.1) is 0 Å². The van der Waals surface area contributed by atoms with Gasteiger partial charge in [0, 0.05) is 0 Å². The van der Waals surface area contributed by atoms with E-state index < -0.39 is 0 Å². The van der Waals surface area contributed by atoms with Gasteiger partial charge in [0.1, 0.15) is 0 Å². The van der Waals surface area contributed by atoms with Crippen LogP contribution >= 0.6 is 0 Å². The van der Waals surface area contributed by atoms with Crippen LogP contribution in [-0.2, 0) is 0 Å². The summed E-state index contributed by atoms with van der Waals surface area (Å²) in [5.41, 5.74) is 5.56. The van der Waals surface area contributed by atoms with Crippen LogP contribution in [-0.4, -0.2) is 6.54 Å². The second-order valence-corrected chi connectivity index (χ2v) is 3.94. The van der Waals surface area contributed by atoms with Crippen molar-refractivity contribution in [2.24, 2.45) is 23.5 Å². The topological polar surface area (TPSA) is 26.0 Å². The van der Waals surface area contributed by atoms with Gasteiger partial charge >= 0.3 is 0 Å². The Bertz CT molecular complexity index is 90.9. The Morgan fingerprint density at radius 2 is 1.64 bits per heavy atom. The molecule has 0 saturated heterocycles. The molecular weight excluding hydrogens is 134 g/mol. The van der Waals surface area contributed by atoms with Gasteiger partial charge in [-0.1, -0.05) is 34.1 Å². The van der Waals surface area contributed by atoms with Crippen LogP contribution in [0.2, 0.25) is 0 Å². The van der Waals surface area contributed by atoms with E-state index in [2.05, 4.69) is 27.7 Å². The van der Waals surface area contributed by atoms with Gasteiger partial charge in [-0.2, -0.15) is 0 Å². The minimum Gasteiger partial charge on any atom is -0.330 e. The molecule has 0 radical (unpaired) electrons. The van der Waals surface area contributed by atoms with Crippen molar-refractivity contribution in [3.05, 3.63) is 0 Å². The monoisotopic (exact) mass is 157 g/mol. The van der Waals surface area contributed by atoms with Gasteiger partial charge in [-0.3, -0.25) is 0 Å². The Morgan fingerprint density at radius 1 is 1.09 bits per heavy atom. The van der Waals surface area contributed by atoms with E-state index in [0.29, 0.717) is 5.92 Å². The molecule has 0 aliphatic rings. The summed E-state index contributed by atoms with van der Waals surface area (Å²) in [7, 11) is 0. The van der Waals surface area contributed by atoms with Crippen molar-refractivity contribution in [3.63, 3.8) is 0 Å². The first-order chi connectivity index (χ1) is 5.11. The van der Waals surface area contributed by atoms with Crippen molar-refractivity contribution >= 4 is 0 Å². The Labute approximate surface area is 71.4 Å². The van der Waals surface area contributed by atoms with Crippen LogP contribution in [0.5, 0.6) is 0 Å². The Hall–Kier alpha value is -0.0400. The molecule has 1 heteroatoms. The highest BCUT2D eigenvalue weighted by atomic mass is 14.5. The van der Waals surface area contributed by atoms with Crippen molar-refractivity contribution in [1.82, 2.24) is 0 Å². The average Bonchev–Trinajstić information content (AvgIpc) is 2.02. The summed E-state index contributed by atoms with van der Waals surface area (Å²) in [5, 5.41) is 0. The van der Waals surface area contributed by atoms with Gasteiger partial charge in [0.25, 0.3) is 0 Å². The van der Waals surface area contributed by atoms with Crippen LogP contribution in [0.4, 0.5) is 0 Å². The fourth-order valence-electron chi connectivity index (χ4n) is 1.37. The molecule has 0 fully saturated rings. The highest BCUT2D eigenvalue weighted by molar-refractivity contribution is 4.64. The van der Waals surface area contributed by atoms with Crippen LogP contribution < -0.4 is 5.73 Å². The van der Waals surface area contributed by atoms with E-state index in [1.54, 1.807) is 0 Å². The minimum atomic E-state index is 0.694. The lowest BCUT2D eigenvalue weighted by Crippen LogP contribution is -2.17. The molecular formula is C10H23N. The maximum atomic E-state index is 5.56. The van der Waals surface area contributed by atoms with Crippen molar-refractivity contribution in [3.8, 4) is 0 Å². The molecule has 0 heterocycles. The largest absolute Gasteiger partial charge is 0.330 e. The van der Waals surface area contributed by atoms with Crippen molar-refractivity contribution in [2.75, 3.05) is 6.54 Å². The number of hydrogen-bond donors (Lipinski definition) is 1. The fraction of sp³-hybridized carbons (Fsp3) is 1.00. The van der Waals surface area contributed by atoms with E-state index in [1.165, 1.54) is 12.8 Å². The molecule has 0 saturated carbocycles. The second-order valence-electron chi connectivity index (χ2n) is 3.94. The lowest BCUT2D eigenvalue weighted by molar-refractivity contribution is 0.310. The summed E-state index contributed by atoms with van der Waals surface area (Å²) in [5.74, 6) is 2.38. The van der Waals surface area contributed by atoms with Crippen molar-refractivity contribution in [1.29, 1.82) is 0 Å². The van der Waals surface area contributed by atoms with Gasteiger partial charge in [0.15, 0.2) is 0 Å². The molecule has 68 valence electrons. The lowest BCUT2D eigenvalue weighted by Gasteiger charge is -2.21. The third-order valence-corrected chi connectivity index (χ3v) is 2.79. The molecule has 0 aromatic heterocycles. The van der Waals surface area contributed by atoms with E-state index in [0.717, 1.165) is 18.4 Å². The van der Waals surface area contributed by atoms with Crippen molar-refractivity contribution < 1.29 is 0 Å². The zero-order chi connectivity index (χ0) is 8.85. The number of hydrogen-bond acceptors (Lipinski definition) is 1. The molecule has 1 nitrogen and oxygen atoms in total. The van der Waals surface area contributed by atoms with Gasteiger partial charge in [0.2, 0.25) is 0 Å². The molecule has 3 unspecified atom stereocenters. The molecule has 0 rings (SSSR count). The Balaban J connectivity index is 3.58. The third-order valence-electron chi connectivity index (χ3n) is 2.79. The standard InChI is InChI=1S/C10H23N/c1-5-9(3)10(4)6-8(2)7-11/h8-10H,5-7,11H2,1-4H3. The molecule has 0 aromatic rings. The number of rotatable bonds is 5. The van der Waals surface area contributed by atoms with Crippen LogP contribution in [0.25, 0.3) is 0 Å². The summed E-state index contributed by atoms with van der Waals surface area (Å²) in [4.78, 5) is 0. The van der Waals surface area contributed by atoms with Gasteiger partial charge in [-0.15, -0.1) is 0 Å². The predicted octanol–water partition coefficient (Wildman–Crippen LogP) is 2.65. The maximum Gasteiger partial charge on any atom is -0.00514 e. The second kappa shape index (κ2) is 5.59. The first kappa shape index (κ1) is 11.0. The van der Waals surface area contributed by atoms with E-state index in [-0.39, 0.29) is 0 Å². The molecule has 0 aliphatic carbocycles. The van der Waals surface area contributed by atoms with E-state index in [9.17, 15) is 0 Å². The zero-order valence-electron chi connectivity index (χ0n) is 8.43. The molecule has 0 bridgehead atoms. The molecule has 0 amide bonds. The number of nitrogens with two attached hydrogens (primary N) is 1. The molecule has 0 aromatic carbocycles. The lowest BCUT2D eigenvalue weighted by atomic mass is 9.86. The van der Waals surface area contributed by atoms with E-state index in [1.807, 2.05) is 0 Å². The van der Waals surface area contributed by atoms with Crippen molar-refractivity contribution in [2.45, 2.75) is 40.5 Å². The highest BCUT2D eigenvalue weighted by Gasteiger charge is 2.12. The average molecular weight is 157 g/mol. The summed E-state index contributed by atoms with van der Waals surface area (Å²) >= 11 is 0. The maximum absolute atomic E-state index is 5.56. The van der Waals surface area contributed by atoms with E-state index >= 15 is 0 Å². The molecule has 3 atom stereocenters. The highest BCUT2D eigenvalue weighted by Crippen LogP contribution is 2.21. The zero-order valence-corrected chi connectivity index (χ0v) is 8.43. The van der Waals surface area contributed by atoms with Crippen LogP contribution in [0.3, 0.4) is 0 Å². The first-order valence-electron chi connectivity index (χ1n) is 4.81. The molecule has 0 aliphatic heterocycles. The van der Waals surface area contributed by atoms with Gasteiger partial charge in [-0.05, 0) is 30.7 Å². The van der Waals surface area contributed by atoms with Crippen LogP contribution in [0, 0.1) is 17.8 Å². The van der Waals surface area contributed by atoms with Crippen LogP contribution in [0.15, 0.2) is 0 Å². The van der Waals surface area contributed by atoms with Crippen LogP contribution in [0.1, 0.15) is 40.5 Å². The molecule has 11 heavy (non-hydrogen) atoms. The minimum absolute atomic E-state index is 0.694. The van der Waals surface area contributed by atoms with E-state index in [4.69, 9.17) is 5.73 Å². The predicted molar refractivity (Wildman–Crippen MR) is 51.5 cm³/mol. The summed E-state index contributed by atoms with van der Waals surface area (Å²) in [6.45, 7) is 9.99. The quantitative estimate of drug-likeness (QED) is 0.652. The smallest absolute Gasteiger partial charge is 0.00514 e. The Morgan fingerprint density at radius 3 is 2.00 bits per heavy atom. The van der Waals surface area contributed by atoms with Gasteiger partial charge < -0.3 is 5.73 Å². The first-order valence-corrected chi connectivity index (χ1v) is 4.81. The third kappa shape index (κ3) is 4.41.